The molecular formula is C9H9NO2S. The van der Waals surface area contributed by atoms with E-state index in [9.17, 15) is 5.11 Å². The highest BCUT2D eigenvalue weighted by atomic mass is 32.1. The molecule has 1 atom stereocenters. The van der Waals surface area contributed by atoms with Gasteiger partial charge in [-0.25, -0.2) is 4.98 Å². The summed E-state index contributed by atoms with van der Waals surface area (Å²) in [6, 6.07) is 7.66. The summed E-state index contributed by atoms with van der Waals surface area (Å²) in [5.74, 6) is 0. The van der Waals surface area contributed by atoms with E-state index in [2.05, 4.69) is 4.98 Å². The Balaban J connectivity index is 2.49. The highest BCUT2D eigenvalue weighted by molar-refractivity contribution is 7.18. The third kappa shape index (κ3) is 1.56. The first-order valence-corrected chi connectivity index (χ1v) is 4.77. The molecule has 0 spiro atoms. The van der Waals surface area contributed by atoms with Crippen molar-refractivity contribution in [1.82, 2.24) is 4.98 Å². The topological polar surface area (TPSA) is 53.4 Å². The minimum atomic E-state index is -0.850. The molecule has 0 radical (unpaired) electrons. The van der Waals surface area contributed by atoms with E-state index in [1.165, 1.54) is 11.3 Å². The second-order valence-corrected chi connectivity index (χ2v) is 3.78. The Morgan fingerprint density at radius 3 is 2.85 bits per heavy atom. The molecule has 2 rings (SSSR count). The van der Waals surface area contributed by atoms with Gasteiger partial charge in [0.1, 0.15) is 11.1 Å². The van der Waals surface area contributed by atoms with Gasteiger partial charge in [-0.15, -0.1) is 11.3 Å². The lowest BCUT2D eigenvalue weighted by atomic mass is 10.3. The van der Waals surface area contributed by atoms with E-state index in [0.717, 1.165) is 10.2 Å². The highest BCUT2D eigenvalue weighted by Crippen LogP contribution is 2.25. The van der Waals surface area contributed by atoms with Crippen LogP contribution < -0.4 is 0 Å². The average molecular weight is 195 g/mol. The van der Waals surface area contributed by atoms with Crippen LogP contribution in [0, 0.1) is 0 Å². The number of thiazole rings is 1. The van der Waals surface area contributed by atoms with Crippen LogP contribution in [-0.4, -0.2) is 21.8 Å². The molecule has 3 nitrogen and oxygen atoms in total. The number of rotatable bonds is 2. The van der Waals surface area contributed by atoms with Gasteiger partial charge in [-0.3, -0.25) is 0 Å². The summed E-state index contributed by atoms with van der Waals surface area (Å²) in [6.45, 7) is -0.278. The molecule has 2 N–H and O–H groups in total. The standard InChI is InChI=1S/C9H9NO2S/c11-5-7(12)9-10-6-3-1-2-4-8(6)13-9/h1-4,7,11-12H,5H2. The van der Waals surface area contributed by atoms with E-state index >= 15 is 0 Å². The van der Waals surface area contributed by atoms with Crippen molar-refractivity contribution < 1.29 is 10.2 Å². The molecule has 0 aliphatic rings. The molecule has 0 bridgehead atoms. The minimum Gasteiger partial charge on any atom is -0.393 e. The van der Waals surface area contributed by atoms with Gasteiger partial charge in [-0.05, 0) is 12.1 Å². The predicted molar refractivity (Wildman–Crippen MR) is 51.7 cm³/mol. The average Bonchev–Trinajstić information content (AvgIpc) is 2.59. The lowest BCUT2D eigenvalue weighted by molar-refractivity contribution is 0.0955. The van der Waals surface area contributed by atoms with Gasteiger partial charge in [0, 0.05) is 0 Å². The molecule has 68 valence electrons. The first kappa shape index (κ1) is 8.62. The van der Waals surface area contributed by atoms with Gasteiger partial charge < -0.3 is 10.2 Å². The van der Waals surface area contributed by atoms with Crippen molar-refractivity contribution in [2.75, 3.05) is 6.61 Å². The fourth-order valence-corrected chi connectivity index (χ4v) is 2.06. The predicted octanol–water partition coefficient (Wildman–Crippen LogP) is 1.32. The lowest BCUT2D eigenvalue weighted by Gasteiger charge is -1.99. The van der Waals surface area contributed by atoms with Gasteiger partial charge in [0.2, 0.25) is 0 Å². The molecule has 0 aliphatic heterocycles. The van der Waals surface area contributed by atoms with Gasteiger partial charge in [0.25, 0.3) is 0 Å². The second kappa shape index (κ2) is 3.41. The highest BCUT2D eigenvalue weighted by Gasteiger charge is 2.11. The Bertz CT molecular complexity index is 380. The zero-order valence-corrected chi connectivity index (χ0v) is 7.66. The summed E-state index contributed by atoms with van der Waals surface area (Å²) in [4.78, 5) is 4.19. The van der Waals surface area contributed by atoms with Crippen LogP contribution in [0.1, 0.15) is 11.1 Å². The molecule has 0 amide bonds. The number of fused-ring (bicyclic) bond motifs is 1. The molecule has 1 aromatic carbocycles. The van der Waals surface area contributed by atoms with Crippen LogP contribution in [-0.2, 0) is 0 Å². The first-order valence-electron chi connectivity index (χ1n) is 3.95. The van der Waals surface area contributed by atoms with Crippen LogP contribution in [0.4, 0.5) is 0 Å². The summed E-state index contributed by atoms with van der Waals surface area (Å²) < 4.78 is 1.03. The number of aliphatic hydroxyl groups is 2. The monoisotopic (exact) mass is 195 g/mol. The van der Waals surface area contributed by atoms with Crippen LogP contribution in [0.15, 0.2) is 24.3 Å². The maximum absolute atomic E-state index is 9.33. The van der Waals surface area contributed by atoms with Crippen LogP contribution in [0.25, 0.3) is 10.2 Å². The number of benzene rings is 1. The van der Waals surface area contributed by atoms with Crippen molar-refractivity contribution in [2.45, 2.75) is 6.10 Å². The molecule has 1 unspecified atom stereocenters. The lowest BCUT2D eigenvalue weighted by Crippen LogP contribution is -2.00. The van der Waals surface area contributed by atoms with Gasteiger partial charge in [-0.1, -0.05) is 12.1 Å². The second-order valence-electron chi connectivity index (χ2n) is 2.72. The molecule has 0 saturated carbocycles. The molecule has 13 heavy (non-hydrogen) atoms. The van der Waals surface area contributed by atoms with Gasteiger partial charge >= 0.3 is 0 Å². The van der Waals surface area contributed by atoms with Crippen LogP contribution in [0.3, 0.4) is 0 Å². The van der Waals surface area contributed by atoms with E-state index < -0.39 is 6.10 Å². The van der Waals surface area contributed by atoms with Crippen molar-refractivity contribution in [3.63, 3.8) is 0 Å². The van der Waals surface area contributed by atoms with Gasteiger partial charge in [0.15, 0.2) is 0 Å². The molecule has 0 saturated heterocycles. The Morgan fingerprint density at radius 1 is 1.38 bits per heavy atom. The normalized spacial score (nSPS) is 13.4. The summed E-state index contributed by atoms with van der Waals surface area (Å²) in [7, 11) is 0. The molecule has 4 heteroatoms. The number of aliphatic hydroxyl groups excluding tert-OH is 2. The maximum atomic E-state index is 9.33. The molecule has 0 aliphatic carbocycles. The van der Waals surface area contributed by atoms with Crippen molar-refractivity contribution in [1.29, 1.82) is 0 Å². The van der Waals surface area contributed by atoms with E-state index in [-0.39, 0.29) is 6.61 Å². The van der Waals surface area contributed by atoms with E-state index in [1.807, 2.05) is 24.3 Å². The molecule has 1 aromatic heterocycles. The van der Waals surface area contributed by atoms with Gasteiger partial charge in [-0.2, -0.15) is 0 Å². The van der Waals surface area contributed by atoms with Crippen molar-refractivity contribution in [2.24, 2.45) is 0 Å². The fourth-order valence-electron chi connectivity index (χ4n) is 1.11. The van der Waals surface area contributed by atoms with Crippen LogP contribution in [0.5, 0.6) is 0 Å². The van der Waals surface area contributed by atoms with Gasteiger partial charge in [0.05, 0.1) is 16.8 Å². The van der Waals surface area contributed by atoms with Crippen molar-refractivity contribution in [3.8, 4) is 0 Å². The zero-order chi connectivity index (χ0) is 9.26. The Morgan fingerprint density at radius 2 is 2.15 bits per heavy atom. The summed E-state index contributed by atoms with van der Waals surface area (Å²) in [6.07, 6.45) is -0.850. The summed E-state index contributed by atoms with van der Waals surface area (Å²) >= 11 is 1.41. The molecule has 1 heterocycles. The molecular weight excluding hydrogens is 186 g/mol. The zero-order valence-electron chi connectivity index (χ0n) is 6.84. The third-order valence-corrected chi connectivity index (χ3v) is 2.91. The Hall–Kier alpha value is -0.970. The number of hydrogen-bond donors (Lipinski definition) is 2. The number of hydrogen-bond acceptors (Lipinski definition) is 4. The summed E-state index contributed by atoms with van der Waals surface area (Å²) in [5, 5.41) is 18.6. The molecule has 2 aromatic rings. The largest absolute Gasteiger partial charge is 0.393 e. The number of para-hydroxylation sites is 1. The van der Waals surface area contributed by atoms with E-state index in [0.29, 0.717) is 5.01 Å². The maximum Gasteiger partial charge on any atom is 0.129 e. The van der Waals surface area contributed by atoms with Crippen molar-refractivity contribution >= 4 is 21.6 Å². The Labute approximate surface area is 79.3 Å². The smallest absolute Gasteiger partial charge is 0.129 e. The summed E-state index contributed by atoms with van der Waals surface area (Å²) in [5.41, 5.74) is 0.870. The third-order valence-electron chi connectivity index (χ3n) is 1.77. The SMILES string of the molecule is OCC(O)c1nc2ccccc2s1. The Kier molecular flexibility index (Phi) is 2.26. The number of nitrogens with zero attached hydrogens (tertiary/aromatic N) is 1. The van der Waals surface area contributed by atoms with E-state index in [4.69, 9.17) is 5.11 Å². The van der Waals surface area contributed by atoms with Crippen LogP contribution in [0.2, 0.25) is 0 Å². The minimum absolute atomic E-state index is 0.278. The van der Waals surface area contributed by atoms with Crippen molar-refractivity contribution in [3.05, 3.63) is 29.3 Å². The fraction of sp³-hybridized carbons (Fsp3) is 0.222. The first-order chi connectivity index (χ1) is 6.31. The van der Waals surface area contributed by atoms with E-state index in [1.54, 1.807) is 0 Å². The molecule has 0 fully saturated rings. The quantitative estimate of drug-likeness (QED) is 0.760. The van der Waals surface area contributed by atoms with Crippen LogP contribution >= 0.6 is 11.3 Å². The number of aromatic nitrogens is 1.